The van der Waals surface area contributed by atoms with Crippen molar-refractivity contribution in [3.8, 4) is 0 Å². The number of hydrogen-bond acceptors (Lipinski definition) is 4. The third kappa shape index (κ3) is 1.82. The summed E-state index contributed by atoms with van der Waals surface area (Å²) in [6, 6.07) is 3.28. The number of Topliss-reactive ketones (excluding diaryl/α,β-unsaturated/α-hetero) is 1. The number of carbonyl (C=O) groups excluding carboxylic acids is 1. The molecule has 134 valence electrons. The lowest BCUT2D eigenvalue weighted by atomic mass is 9.57. The first-order valence-corrected chi connectivity index (χ1v) is 12.1. The van der Waals surface area contributed by atoms with E-state index < -0.39 is 19.3 Å². The Morgan fingerprint density at radius 2 is 1.96 bits per heavy atom. The van der Waals surface area contributed by atoms with Crippen LogP contribution in [0.1, 0.15) is 34.1 Å². The van der Waals surface area contributed by atoms with Crippen LogP contribution in [0.15, 0.2) is 12.2 Å². The molecule has 24 heavy (non-hydrogen) atoms. The van der Waals surface area contributed by atoms with Gasteiger partial charge in [0.05, 0.1) is 18.1 Å². The Labute approximate surface area is 145 Å². The standard InChI is InChI=1S/C19H30O4Si/c1-5-24(6-2,7-3)23-15-14-12-8-9-13(10-12)19(14,11-20)17(21)18(4)16(15)22-18/h8-9,12-16,20H,5-7,10-11H2,1-4H3/t12-,13+,14+,15-,16+,18+,19+/m1/s1. The molecule has 0 unspecified atom stereocenters. The van der Waals surface area contributed by atoms with Crippen molar-refractivity contribution in [2.75, 3.05) is 6.61 Å². The van der Waals surface area contributed by atoms with Crippen LogP contribution in [0, 0.1) is 23.2 Å². The molecule has 0 amide bonds. The summed E-state index contributed by atoms with van der Waals surface area (Å²) in [5.74, 6) is 0.712. The van der Waals surface area contributed by atoms with Gasteiger partial charge in [-0.1, -0.05) is 32.9 Å². The second-order valence-corrected chi connectivity index (χ2v) is 13.1. The summed E-state index contributed by atoms with van der Waals surface area (Å²) in [4.78, 5) is 13.3. The molecule has 4 aliphatic rings. The number of fused-ring (bicyclic) bond motifs is 6. The number of carbonyl (C=O) groups is 1. The van der Waals surface area contributed by atoms with E-state index in [0.29, 0.717) is 5.92 Å². The number of aliphatic hydroxyl groups is 1. The van der Waals surface area contributed by atoms with E-state index in [1.807, 2.05) is 6.92 Å². The van der Waals surface area contributed by atoms with Crippen molar-refractivity contribution in [2.45, 2.75) is 70.1 Å². The number of epoxide rings is 1. The number of allylic oxidation sites excluding steroid dienone is 2. The summed E-state index contributed by atoms with van der Waals surface area (Å²) in [5.41, 5.74) is -1.42. The highest BCUT2D eigenvalue weighted by Gasteiger charge is 2.79. The van der Waals surface area contributed by atoms with Gasteiger partial charge in [-0.2, -0.15) is 0 Å². The highest BCUT2D eigenvalue weighted by molar-refractivity contribution is 6.73. The predicted molar refractivity (Wildman–Crippen MR) is 94.1 cm³/mol. The van der Waals surface area contributed by atoms with Crippen molar-refractivity contribution in [3.05, 3.63) is 12.2 Å². The molecule has 4 rings (SSSR count). The fraction of sp³-hybridized carbons (Fsp3) is 0.842. The molecule has 0 aromatic heterocycles. The van der Waals surface area contributed by atoms with Gasteiger partial charge in [0.15, 0.2) is 19.7 Å². The minimum absolute atomic E-state index is 0.0358. The molecule has 1 N–H and O–H groups in total. The van der Waals surface area contributed by atoms with Crippen molar-refractivity contribution >= 4 is 14.1 Å². The van der Waals surface area contributed by atoms with Gasteiger partial charge in [0.25, 0.3) is 0 Å². The lowest BCUT2D eigenvalue weighted by Gasteiger charge is -2.48. The van der Waals surface area contributed by atoms with E-state index in [1.54, 1.807) is 0 Å². The van der Waals surface area contributed by atoms with Crippen molar-refractivity contribution < 1.29 is 19.1 Å². The summed E-state index contributed by atoms with van der Waals surface area (Å²) < 4.78 is 12.9. The van der Waals surface area contributed by atoms with Gasteiger partial charge in [-0.25, -0.2) is 0 Å². The Morgan fingerprint density at radius 1 is 1.29 bits per heavy atom. The maximum atomic E-state index is 13.3. The first kappa shape index (κ1) is 16.9. The quantitative estimate of drug-likeness (QED) is 0.455. The Hall–Kier alpha value is -0.493. The van der Waals surface area contributed by atoms with Crippen LogP contribution in [0.2, 0.25) is 18.1 Å². The third-order valence-electron chi connectivity index (χ3n) is 7.80. The van der Waals surface area contributed by atoms with E-state index in [2.05, 4.69) is 32.9 Å². The van der Waals surface area contributed by atoms with Crippen LogP contribution >= 0.6 is 0 Å². The SMILES string of the molecule is CC[Si](CC)(CC)O[C@@H]1[C@@H]2[C@@H]3C=C[C@@H](C3)[C@]2(CO)C(=O)[C@@]2(C)O[C@@H]12. The number of ether oxygens (including phenoxy) is 1. The van der Waals surface area contributed by atoms with Gasteiger partial charge in [-0.15, -0.1) is 0 Å². The van der Waals surface area contributed by atoms with Crippen molar-refractivity contribution in [3.63, 3.8) is 0 Å². The molecule has 1 saturated heterocycles. The molecule has 7 atom stereocenters. The molecule has 1 heterocycles. The maximum absolute atomic E-state index is 13.3. The zero-order valence-corrected chi connectivity index (χ0v) is 16.2. The van der Waals surface area contributed by atoms with E-state index in [1.165, 1.54) is 0 Å². The number of ketones is 1. The Balaban J connectivity index is 1.75. The molecule has 2 bridgehead atoms. The Morgan fingerprint density at radius 3 is 2.54 bits per heavy atom. The first-order chi connectivity index (χ1) is 11.4. The van der Waals surface area contributed by atoms with Crippen molar-refractivity contribution in [1.82, 2.24) is 0 Å². The molecular weight excluding hydrogens is 320 g/mol. The van der Waals surface area contributed by atoms with Crippen LogP contribution in [0.3, 0.4) is 0 Å². The molecule has 3 aliphatic carbocycles. The van der Waals surface area contributed by atoms with Crippen molar-refractivity contribution in [2.24, 2.45) is 23.2 Å². The molecule has 0 aromatic rings. The number of rotatable bonds is 6. The first-order valence-electron chi connectivity index (χ1n) is 9.62. The summed E-state index contributed by atoms with van der Waals surface area (Å²) >= 11 is 0. The molecular formula is C19H30O4Si. The van der Waals surface area contributed by atoms with E-state index in [-0.39, 0.29) is 36.4 Å². The minimum atomic E-state index is -1.81. The van der Waals surface area contributed by atoms with Crippen LogP contribution in [0.4, 0.5) is 0 Å². The molecule has 0 radical (unpaired) electrons. The van der Waals surface area contributed by atoms with Crippen molar-refractivity contribution in [1.29, 1.82) is 0 Å². The fourth-order valence-electron chi connectivity index (χ4n) is 6.02. The zero-order valence-electron chi connectivity index (χ0n) is 15.2. The van der Waals surface area contributed by atoms with E-state index >= 15 is 0 Å². The van der Waals surface area contributed by atoms with E-state index in [9.17, 15) is 9.90 Å². The highest BCUT2D eigenvalue weighted by atomic mass is 28.4. The number of aliphatic hydroxyl groups excluding tert-OH is 1. The molecule has 0 aromatic carbocycles. The molecule has 4 nitrogen and oxygen atoms in total. The Kier molecular flexibility index (Phi) is 3.71. The van der Waals surface area contributed by atoms with E-state index in [0.717, 1.165) is 24.6 Å². The molecule has 5 heteroatoms. The predicted octanol–water partition coefficient (Wildman–Crippen LogP) is 2.92. The molecule has 0 spiro atoms. The second-order valence-electron chi connectivity index (χ2n) is 8.42. The van der Waals surface area contributed by atoms with Crippen LogP contribution in [0.25, 0.3) is 0 Å². The fourth-order valence-corrected chi connectivity index (χ4v) is 8.87. The average Bonchev–Trinajstić information content (AvgIpc) is 2.98. The lowest BCUT2D eigenvalue weighted by molar-refractivity contribution is -0.148. The number of hydrogen-bond donors (Lipinski definition) is 1. The van der Waals surface area contributed by atoms with Gasteiger partial charge < -0.3 is 14.3 Å². The van der Waals surface area contributed by atoms with Gasteiger partial charge in [0, 0.05) is 5.92 Å². The van der Waals surface area contributed by atoms with Gasteiger partial charge in [0.2, 0.25) is 0 Å². The minimum Gasteiger partial charge on any atom is -0.411 e. The van der Waals surface area contributed by atoms with Gasteiger partial charge in [0.1, 0.15) is 6.10 Å². The monoisotopic (exact) mass is 350 g/mol. The largest absolute Gasteiger partial charge is 0.411 e. The third-order valence-corrected chi connectivity index (χ3v) is 12.4. The van der Waals surface area contributed by atoms with Gasteiger partial charge >= 0.3 is 0 Å². The molecule has 2 saturated carbocycles. The smallest absolute Gasteiger partial charge is 0.192 e. The average molecular weight is 351 g/mol. The van der Waals surface area contributed by atoms with Crippen LogP contribution in [-0.4, -0.2) is 43.6 Å². The summed E-state index contributed by atoms with van der Waals surface area (Å²) in [6.07, 6.45) is 5.25. The normalized spacial score (nSPS) is 48.5. The second kappa shape index (κ2) is 5.26. The van der Waals surface area contributed by atoms with Crippen LogP contribution in [-0.2, 0) is 14.0 Å². The molecule has 3 fully saturated rings. The molecule has 1 aliphatic heterocycles. The highest BCUT2D eigenvalue weighted by Crippen LogP contribution is 2.67. The Bertz CT molecular complexity index is 578. The summed E-state index contributed by atoms with van der Waals surface area (Å²) in [6.45, 7) is 8.54. The zero-order chi connectivity index (χ0) is 17.3. The van der Waals surface area contributed by atoms with Gasteiger partial charge in [-0.3, -0.25) is 4.79 Å². The van der Waals surface area contributed by atoms with E-state index in [4.69, 9.17) is 9.16 Å². The summed E-state index contributed by atoms with van der Waals surface area (Å²) in [7, 11) is -1.81. The van der Waals surface area contributed by atoms with Crippen LogP contribution in [0.5, 0.6) is 0 Å². The summed E-state index contributed by atoms with van der Waals surface area (Å²) in [5, 5.41) is 10.3. The maximum Gasteiger partial charge on any atom is 0.192 e. The van der Waals surface area contributed by atoms with Crippen LogP contribution < -0.4 is 0 Å². The topological polar surface area (TPSA) is 59.1 Å². The van der Waals surface area contributed by atoms with Gasteiger partial charge in [-0.05, 0) is 43.3 Å². The lowest BCUT2D eigenvalue weighted by Crippen LogP contribution is -2.62.